The first kappa shape index (κ1) is 8.37. The van der Waals surface area contributed by atoms with Crippen LogP contribution in [-0.4, -0.2) is 29.7 Å². The Morgan fingerprint density at radius 3 is 2.73 bits per heavy atom. The SMILES string of the molecule is CCN1CCC(C)(C)OC1=O. The molecule has 0 atom stereocenters. The number of hydrogen-bond donors (Lipinski definition) is 0. The number of hydrogen-bond acceptors (Lipinski definition) is 2. The lowest BCUT2D eigenvalue weighted by atomic mass is 10.0. The van der Waals surface area contributed by atoms with Crippen LogP contribution < -0.4 is 0 Å². The summed E-state index contributed by atoms with van der Waals surface area (Å²) in [5.41, 5.74) is -0.261. The van der Waals surface area contributed by atoms with E-state index in [9.17, 15) is 4.79 Å². The van der Waals surface area contributed by atoms with Crippen molar-refractivity contribution in [2.24, 2.45) is 0 Å². The number of nitrogens with zero attached hydrogens (tertiary/aromatic N) is 1. The van der Waals surface area contributed by atoms with Gasteiger partial charge >= 0.3 is 6.09 Å². The van der Waals surface area contributed by atoms with Crippen molar-refractivity contribution >= 4 is 6.09 Å². The molecule has 64 valence electrons. The molecule has 1 heterocycles. The monoisotopic (exact) mass is 157 g/mol. The molecule has 0 N–H and O–H groups in total. The summed E-state index contributed by atoms with van der Waals surface area (Å²) < 4.78 is 5.16. The van der Waals surface area contributed by atoms with E-state index in [1.165, 1.54) is 0 Å². The fraction of sp³-hybridized carbons (Fsp3) is 0.875. The van der Waals surface area contributed by atoms with Crippen molar-refractivity contribution in [1.82, 2.24) is 4.90 Å². The third-order valence-electron chi connectivity index (χ3n) is 1.99. The molecule has 0 aromatic carbocycles. The second kappa shape index (κ2) is 2.72. The summed E-state index contributed by atoms with van der Waals surface area (Å²) in [6.07, 6.45) is 0.746. The van der Waals surface area contributed by atoms with Gasteiger partial charge in [-0.3, -0.25) is 0 Å². The molecule has 1 aliphatic heterocycles. The van der Waals surface area contributed by atoms with Crippen molar-refractivity contribution in [2.75, 3.05) is 13.1 Å². The Kier molecular flexibility index (Phi) is 2.07. The Morgan fingerprint density at radius 2 is 2.27 bits per heavy atom. The van der Waals surface area contributed by atoms with Gasteiger partial charge < -0.3 is 9.64 Å². The fourth-order valence-corrected chi connectivity index (χ4v) is 1.13. The van der Waals surface area contributed by atoms with Gasteiger partial charge in [0.2, 0.25) is 0 Å². The summed E-state index contributed by atoms with van der Waals surface area (Å²) in [6, 6.07) is 0. The van der Waals surface area contributed by atoms with Gasteiger partial charge in [-0.2, -0.15) is 0 Å². The summed E-state index contributed by atoms with van der Waals surface area (Å²) in [7, 11) is 0. The molecule has 3 nitrogen and oxygen atoms in total. The van der Waals surface area contributed by atoms with Gasteiger partial charge in [-0.25, -0.2) is 4.79 Å². The van der Waals surface area contributed by atoms with Crippen LogP contribution in [0.25, 0.3) is 0 Å². The maximum atomic E-state index is 11.1. The van der Waals surface area contributed by atoms with E-state index in [1.807, 2.05) is 20.8 Å². The van der Waals surface area contributed by atoms with Crippen LogP contribution in [0.3, 0.4) is 0 Å². The highest BCUT2D eigenvalue weighted by molar-refractivity contribution is 5.68. The highest BCUT2D eigenvalue weighted by Crippen LogP contribution is 2.21. The third-order valence-corrected chi connectivity index (χ3v) is 1.99. The zero-order chi connectivity index (χ0) is 8.48. The first-order chi connectivity index (χ1) is 5.05. The largest absolute Gasteiger partial charge is 0.443 e. The maximum Gasteiger partial charge on any atom is 0.410 e. The molecule has 0 aliphatic carbocycles. The van der Waals surface area contributed by atoms with E-state index < -0.39 is 0 Å². The van der Waals surface area contributed by atoms with Crippen LogP contribution in [0.1, 0.15) is 27.2 Å². The van der Waals surface area contributed by atoms with Gasteiger partial charge in [0, 0.05) is 19.5 Å². The second-order valence-corrected chi connectivity index (χ2v) is 3.46. The van der Waals surface area contributed by atoms with Crippen molar-refractivity contribution in [3.8, 4) is 0 Å². The minimum Gasteiger partial charge on any atom is -0.443 e. The number of carbonyl (C=O) groups excluding carboxylic acids is 1. The highest BCUT2D eigenvalue weighted by atomic mass is 16.6. The van der Waals surface area contributed by atoms with Gasteiger partial charge in [0.25, 0.3) is 0 Å². The van der Waals surface area contributed by atoms with Crippen LogP contribution in [0.2, 0.25) is 0 Å². The summed E-state index contributed by atoms with van der Waals surface area (Å²) in [5, 5.41) is 0. The molecular weight excluding hydrogens is 142 g/mol. The molecule has 1 aliphatic rings. The molecule has 3 heteroatoms. The first-order valence-electron chi connectivity index (χ1n) is 4.03. The minimum atomic E-state index is -0.261. The Labute approximate surface area is 67.3 Å². The number of ether oxygens (including phenoxy) is 1. The molecule has 1 fully saturated rings. The average molecular weight is 157 g/mol. The van der Waals surface area contributed by atoms with Crippen LogP contribution in [-0.2, 0) is 4.74 Å². The quantitative estimate of drug-likeness (QED) is 0.579. The maximum absolute atomic E-state index is 11.1. The Bertz CT molecular complexity index is 165. The molecule has 1 rings (SSSR count). The van der Waals surface area contributed by atoms with Crippen molar-refractivity contribution in [2.45, 2.75) is 32.8 Å². The molecule has 0 bridgehead atoms. The molecule has 0 unspecified atom stereocenters. The van der Waals surface area contributed by atoms with E-state index in [4.69, 9.17) is 4.74 Å². The Balaban J connectivity index is 2.55. The Hall–Kier alpha value is -0.730. The molecule has 0 spiro atoms. The molecular formula is C8H15NO2. The summed E-state index contributed by atoms with van der Waals surface area (Å²) in [5.74, 6) is 0. The van der Waals surface area contributed by atoms with E-state index in [0.717, 1.165) is 19.5 Å². The number of cyclic esters (lactones) is 1. The van der Waals surface area contributed by atoms with Gasteiger partial charge in [-0.05, 0) is 20.8 Å². The molecule has 0 aromatic heterocycles. The standard InChI is InChI=1S/C8H15NO2/c1-4-9-6-5-8(2,3)11-7(9)10/h4-6H2,1-3H3. The van der Waals surface area contributed by atoms with Gasteiger partial charge in [0.05, 0.1) is 0 Å². The summed E-state index contributed by atoms with van der Waals surface area (Å²) in [6.45, 7) is 7.41. The van der Waals surface area contributed by atoms with Crippen LogP contribution in [0, 0.1) is 0 Å². The minimum absolute atomic E-state index is 0.177. The van der Waals surface area contributed by atoms with Crippen molar-refractivity contribution in [1.29, 1.82) is 0 Å². The molecule has 0 aromatic rings. The van der Waals surface area contributed by atoms with Crippen molar-refractivity contribution in [3.05, 3.63) is 0 Å². The number of rotatable bonds is 1. The van der Waals surface area contributed by atoms with E-state index in [2.05, 4.69) is 0 Å². The molecule has 0 radical (unpaired) electrons. The summed E-state index contributed by atoms with van der Waals surface area (Å²) in [4.78, 5) is 12.9. The van der Waals surface area contributed by atoms with E-state index >= 15 is 0 Å². The van der Waals surface area contributed by atoms with Crippen LogP contribution in [0.15, 0.2) is 0 Å². The topological polar surface area (TPSA) is 29.5 Å². The molecule has 1 saturated heterocycles. The molecule has 1 amide bonds. The predicted molar refractivity (Wildman–Crippen MR) is 42.4 cm³/mol. The molecule has 0 saturated carbocycles. The lowest BCUT2D eigenvalue weighted by Gasteiger charge is -2.35. The van der Waals surface area contributed by atoms with E-state index in [0.29, 0.717) is 0 Å². The third kappa shape index (κ3) is 1.85. The first-order valence-corrected chi connectivity index (χ1v) is 4.03. The normalized spacial score (nSPS) is 23.2. The zero-order valence-electron chi connectivity index (χ0n) is 7.39. The van der Waals surface area contributed by atoms with Gasteiger partial charge in [-0.1, -0.05) is 0 Å². The van der Waals surface area contributed by atoms with Gasteiger partial charge in [-0.15, -0.1) is 0 Å². The fourth-order valence-electron chi connectivity index (χ4n) is 1.13. The van der Waals surface area contributed by atoms with Crippen LogP contribution >= 0.6 is 0 Å². The smallest absolute Gasteiger partial charge is 0.410 e. The lowest BCUT2D eigenvalue weighted by Crippen LogP contribution is -2.46. The van der Waals surface area contributed by atoms with Crippen LogP contribution in [0.5, 0.6) is 0 Å². The van der Waals surface area contributed by atoms with Crippen LogP contribution in [0.4, 0.5) is 4.79 Å². The van der Waals surface area contributed by atoms with Gasteiger partial charge in [0.1, 0.15) is 5.60 Å². The summed E-state index contributed by atoms with van der Waals surface area (Å²) >= 11 is 0. The second-order valence-electron chi connectivity index (χ2n) is 3.46. The lowest BCUT2D eigenvalue weighted by molar-refractivity contribution is -0.0240. The van der Waals surface area contributed by atoms with Crippen molar-refractivity contribution in [3.63, 3.8) is 0 Å². The average Bonchev–Trinajstić information content (AvgIpc) is 1.86. The van der Waals surface area contributed by atoms with E-state index in [1.54, 1.807) is 4.90 Å². The zero-order valence-corrected chi connectivity index (χ0v) is 7.39. The predicted octanol–water partition coefficient (Wildman–Crippen LogP) is 1.63. The number of carbonyl (C=O) groups is 1. The van der Waals surface area contributed by atoms with Crippen molar-refractivity contribution < 1.29 is 9.53 Å². The van der Waals surface area contributed by atoms with Gasteiger partial charge in [0.15, 0.2) is 0 Å². The number of amides is 1. The highest BCUT2D eigenvalue weighted by Gasteiger charge is 2.31. The Morgan fingerprint density at radius 1 is 1.64 bits per heavy atom. The van der Waals surface area contributed by atoms with E-state index in [-0.39, 0.29) is 11.7 Å². The molecule has 11 heavy (non-hydrogen) atoms.